The first kappa shape index (κ1) is 42.5. The number of allylic oxidation sites excluding steroid dienone is 1. The molecule has 3 aromatic rings. The molecule has 4 aliphatic rings. The van der Waals surface area contributed by atoms with Crippen LogP contribution in [-0.2, 0) is 24.4 Å². The monoisotopic (exact) mass is 843 g/mol. The number of hydrogen-bond donors (Lipinski definition) is 4. The van der Waals surface area contributed by atoms with Crippen LogP contribution in [0.1, 0.15) is 79.6 Å². The van der Waals surface area contributed by atoms with Gasteiger partial charge in [-0.25, -0.2) is 28.2 Å². The summed E-state index contributed by atoms with van der Waals surface area (Å²) in [7, 11) is -4.03. The van der Waals surface area contributed by atoms with Crippen molar-refractivity contribution in [3.63, 3.8) is 0 Å². The molecule has 2 saturated carbocycles. The van der Waals surface area contributed by atoms with E-state index < -0.39 is 74.1 Å². The van der Waals surface area contributed by atoms with Crippen molar-refractivity contribution in [3.05, 3.63) is 67.0 Å². The van der Waals surface area contributed by atoms with E-state index >= 15 is 0 Å². The molecule has 2 aromatic heterocycles. The Morgan fingerprint density at radius 1 is 1.02 bits per heavy atom. The Morgan fingerprint density at radius 3 is 2.38 bits per heavy atom. The fraction of sp³-hybridized carbons (Fsp3) is 0.512. The second-order valence-corrected chi connectivity index (χ2v) is 19.4. The summed E-state index contributed by atoms with van der Waals surface area (Å²) < 4.78 is 40.1. The van der Waals surface area contributed by atoms with Crippen molar-refractivity contribution >= 4 is 33.8 Å². The Kier molecular flexibility index (Phi) is 11.9. The number of sulfonamides is 1. The van der Waals surface area contributed by atoms with Crippen molar-refractivity contribution < 1.29 is 42.2 Å². The summed E-state index contributed by atoms with van der Waals surface area (Å²) in [6, 6.07) is 10.1. The molecule has 1 aromatic carbocycles. The van der Waals surface area contributed by atoms with Crippen LogP contribution in [0, 0.1) is 17.8 Å². The lowest BCUT2D eigenvalue weighted by molar-refractivity contribution is -0.142. The molecule has 2 aliphatic carbocycles. The first-order valence-corrected chi connectivity index (χ1v) is 22.0. The molecule has 0 unspecified atom stereocenters. The molecule has 7 atom stereocenters. The third-order valence-corrected chi connectivity index (χ3v) is 14.1. The molecular weight excluding hydrogens is 791 g/mol. The van der Waals surface area contributed by atoms with E-state index in [9.17, 15) is 32.7 Å². The number of carboxylic acid groups (broad SMARTS) is 1. The van der Waals surface area contributed by atoms with E-state index in [0.717, 1.165) is 12.0 Å². The van der Waals surface area contributed by atoms with Crippen molar-refractivity contribution in [2.75, 3.05) is 6.54 Å². The van der Waals surface area contributed by atoms with Crippen molar-refractivity contribution in [1.29, 1.82) is 0 Å². The summed E-state index contributed by atoms with van der Waals surface area (Å²) in [5, 5.41) is 15.2. The Hall–Kier alpha value is -5.58. The Labute approximate surface area is 350 Å². The first-order valence-electron chi connectivity index (χ1n) is 20.6. The van der Waals surface area contributed by atoms with Crippen molar-refractivity contribution in [3.8, 4) is 34.3 Å². The number of carbonyl (C=O) groups excluding carboxylic acids is 3. The van der Waals surface area contributed by atoms with Gasteiger partial charge in [0.25, 0.3) is 5.91 Å². The van der Waals surface area contributed by atoms with Crippen molar-refractivity contribution in [2.45, 2.75) is 114 Å². The highest BCUT2D eigenvalue weighted by Crippen LogP contribution is 2.47. The summed E-state index contributed by atoms with van der Waals surface area (Å²) in [6.45, 7) is 9.20. The van der Waals surface area contributed by atoms with Gasteiger partial charge in [0.05, 0.1) is 23.1 Å². The van der Waals surface area contributed by atoms with E-state index in [2.05, 4.69) is 25.3 Å². The van der Waals surface area contributed by atoms with E-state index in [-0.39, 0.29) is 31.4 Å². The van der Waals surface area contributed by atoms with Gasteiger partial charge in [0.1, 0.15) is 40.9 Å². The molecule has 4 N–H and O–H groups in total. The summed E-state index contributed by atoms with van der Waals surface area (Å²) in [5.74, 6) is -1.55. The third kappa shape index (κ3) is 9.25. The SMILES string of the molecule is CC(C)Oc1ccc(-c2cc(O[C@@H]3C[C@H]4C(=O)N[C@]5(C(=O)NS(=O)(=O)C6(C)CC6)C[C@H]5C=CCC[C@H](C)C[C@@H](C)[C@H](NC(=O)O)C(=O)N4C3)cc(-c3ncccn3)n2)cc1. The molecule has 7 rings (SSSR count). The Bertz CT molecular complexity index is 2250. The topological polar surface area (TPSA) is 219 Å². The number of benzene rings is 1. The maximum Gasteiger partial charge on any atom is 0.405 e. The minimum absolute atomic E-state index is 0.0126. The fourth-order valence-electron chi connectivity index (χ4n) is 8.17. The summed E-state index contributed by atoms with van der Waals surface area (Å²) >= 11 is 0. The summed E-state index contributed by atoms with van der Waals surface area (Å²) in [6.07, 6.45) is 7.66. The zero-order chi connectivity index (χ0) is 43.0. The lowest BCUT2D eigenvalue weighted by Crippen LogP contribution is -2.59. The number of carbonyl (C=O) groups is 4. The standard InChI is InChI=1S/C43H53N7O9S/c1-25(2)58-30-13-11-28(12-14-30)33-20-31(21-34(46-33)37-44-17-8-18-45-37)59-32-22-35-38(51)48-43(40(53)49-60(56,57)42(5)15-16-42)23-29(43)10-7-6-9-26(3)19-27(4)36(47-41(54)55)39(52)50(35)24-32/h7-8,10-14,17-18,20-21,25-27,29,32,35-36,47H,6,9,15-16,19,22-24H2,1-5H3,(H,48,51)(H,49,53)(H,54,55)/t26-,27+,29+,32+,35-,36-,43+/m0/s1. The van der Waals surface area contributed by atoms with Crippen LogP contribution >= 0.6 is 0 Å². The highest BCUT2D eigenvalue weighted by Gasteiger charge is 2.63. The highest BCUT2D eigenvalue weighted by atomic mass is 32.2. The van der Waals surface area contributed by atoms with E-state index in [0.29, 0.717) is 54.4 Å². The minimum atomic E-state index is -4.03. The van der Waals surface area contributed by atoms with Gasteiger partial charge in [-0.1, -0.05) is 26.0 Å². The van der Waals surface area contributed by atoms with Crippen LogP contribution in [0.25, 0.3) is 22.8 Å². The molecule has 320 valence electrons. The lowest BCUT2D eigenvalue weighted by Gasteiger charge is -2.32. The fourth-order valence-corrected chi connectivity index (χ4v) is 9.48. The van der Waals surface area contributed by atoms with Crippen LogP contribution in [-0.4, -0.2) is 98.3 Å². The van der Waals surface area contributed by atoms with Gasteiger partial charge >= 0.3 is 6.09 Å². The Balaban J connectivity index is 1.23. The molecule has 1 saturated heterocycles. The van der Waals surface area contributed by atoms with Gasteiger partial charge in [-0.2, -0.15) is 0 Å². The van der Waals surface area contributed by atoms with Gasteiger partial charge in [-0.3, -0.25) is 19.1 Å². The number of amides is 4. The molecule has 3 fully saturated rings. The van der Waals surface area contributed by atoms with Crippen LogP contribution < -0.4 is 24.8 Å². The number of fused-ring (bicyclic) bond motifs is 2. The van der Waals surface area contributed by atoms with Crippen molar-refractivity contribution in [1.82, 2.24) is 35.2 Å². The number of nitrogens with zero attached hydrogens (tertiary/aromatic N) is 4. The van der Waals surface area contributed by atoms with E-state index in [1.807, 2.05) is 64.1 Å². The van der Waals surface area contributed by atoms with Crippen LogP contribution in [0.2, 0.25) is 0 Å². The lowest BCUT2D eigenvalue weighted by atomic mass is 9.88. The minimum Gasteiger partial charge on any atom is -0.491 e. The molecule has 2 aliphatic heterocycles. The predicted molar refractivity (Wildman–Crippen MR) is 221 cm³/mol. The summed E-state index contributed by atoms with van der Waals surface area (Å²) in [5.41, 5.74) is 0.133. The normalized spacial score (nSPS) is 27.7. The molecule has 0 bridgehead atoms. The average Bonchev–Trinajstić information content (AvgIpc) is 4.08. The third-order valence-electron chi connectivity index (χ3n) is 11.9. The number of hydrogen-bond acceptors (Lipinski definition) is 11. The van der Waals surface area contributed by atoms with Gasteiger partial charge < -0.3 is 30.1 Å². The van der Waals surface area contributed by atoms with Gasteiger partial charge in [-0.15, -0.1) is 0 Å². The molecule has 4 amide bonds. The molecule has 17 heteroatoms. The predicted octanol–water partition coefficient (Wildman–Crippen LogP) is 4.86. The van der Waals surface area contributed by atoms with Crippen LogP contribution in [0.3, 0.4) is 0 Å². The molecule has 0 spiro atoms. The maximum absolute atomic E-state index is 14.6. The van der Waals surface area contributed by atoms with Crippen LogP contribution in [0.4, 0.5) is 4.79 Å². The smallest absolute Gasteiger partial charge is 0.405 e. The van der Waals surface area contributed by atoms with Crippen LogP contribution in [0.15, 0.2) is 67.0 Å². The van der Waals surface area contributed by atoms with E-state index in [1.165, 1.54) is 4.90 Å². The molecule has 0 radical (unpaired) electrons. The van der Waals surface area contributed by atoms with E-state index in [4.69, 9.17) is 14.5 Å². The van der Waals surface area contributed by atoms with E-state index in [1.54, 1.807) is 37.5 Å². The first-order chi connectivity index (χ1) is 28.5. The quantitative estimate of drug-likeness (QED) is 0.201. The number of rotatable bonds is 10. The Morgan fingerprint density at radius 2 is 1.72 bits per heavy atom. The van der Waals surface area contributed by atoms with Crippen LogP contribution in [0.5, 0.6) is 11.5 Å². The molecule has 16 nitrogen and oxygen atoms in total. The van der Waals surface area contributed by atoms with Gasteiger partial charge in [0, 0.05) is 42.4 Å². The zero-order valence-corrected chi connectivity index (χ0v) is 35.3. The molecule has 60 heavy (non-hydrogen) atoms. The second-order valence-electron chi connectivity index (χ2n) is 17.2. The largest absolute Gasteiger partial charge is 0.491 e. The average molecular weight is 844 g/mol. The van der Waals surface area contributed by atoms with Gasteiger partial charge in [0.15, 0.2) is 5.82 Å². The maximum atomic E-state index is 14.6. The highest BCUT2D eigenvalue weighted by molar-refractivity contribution is 7.91. The van der Waals surface area contributed by atoms with Gasteiger partial charge in [0.2, 0.25) is 21.8 Å². The number of nitrogens with one attached hydrogen (secondary N) is 3. The zero-order valence-electron chi connectivity index (χ0n) is 34.5. The molecular formula is C43H53N7O9S. The molecule has 4 heterocycles. The second kappa shape index (κ2) is 16.8. The number of pyridine rings is 1. The summed E-state index contributed by atoms with van der Waals surface area (Å²) in [4.78, 5) is 70.1. The number of ether oxygens (including phenoxy) is 2. The number of aromatic nitrogens is 3. The van der Waals surface area contributed by atoms with Gasteiger partial charge in [-0.05, 0) is 101 Å². The van der Waals surface area contributed by atoms with Crippen molar-refractivity contribution in [2.24, 2.45) is 17.8 Å².